The van der Waals surface area contributed by atoms with Gasteiger partial charge >= 0.3 is 5.97 Å². The second-order valence-corrected chi connectivity index (χ2v) is 5.55. The van der Waals surface area contributed by atoms with Crippen molar-refractivity contribution >= 4 is 11.7 Å². The molecule has 9 nitrogen and oxygen atoms in total. The lowest BCUT2D eigenvalue weighted by Crippen LogP contribution is -2.17. The lowest BCUT2D eigenvalue weighted by atomic mass is 10.1. The van der Waals surface area contributed by atoms with Gasteiger partial charge in [0.05, 0.1) is 23.2 Å². The fourth-order valence-electron chi connectivity index (χ4n) is 2.46. The summed E-state index contributed by atoms with van der Waals surface area (Å²) < 4.78 is 20.9. The van der Waals surface area contributed by atoms with E-state index in [1.54, 1.807) is 24.3 Å². The molecule has 1 aliphatic rings. The van der Waals surface area contributed by atoms with Crippen molar-refractivity contribution in [3.8, 4) is 17.6 Å². The first kappa shape index (κ1) is 18.2. The van der Waals surface area contributed by atoms with Crippen LogP contribution in [0.5, 0.6) is 11.5 Å². The summed E-state index contributed by atoms with van der Waals surface area (Å²) in [6.45, 7) is -0.333. The highest BCUT2D eigenvalue weighted by atomic mass is 16.7. The zero-order valence-electron chi connectivity index (χ0n) is 14.0. The highest BCUT2D eigenvalue weighted by Crippen LogP contribution is 2.33. The van der Waals surface area contributed by atoms with Gasteiger partial charge in [-0.3, -0.25) is 10.1 Å². The third-order valence-electron chi connectivity index (χ3n) is 3.71. The van der Waals surface area contributed by atoms with Crippen LogP contribution in [0.4, 0.5) is 5.69 Å². The zero-order valence-corrected chi connectivity index (χ0v) is 14.0. The van der Waals surface area contributed by atoms with Gasteiger partial charge in [-0.1, -0.05) is 0 Å². The van der Waals surface area contributed by atoms with Crippen molar-refractivity contribution in [1.29, 1.82) is 5.26 Å². The number of nitro benzene ring substituents is 1. The maximum atomic E-state index is 11.9. The normalized spacial score (nSPS) is 12.3. The smallest absolute Gasteiger partial charge is 0.344 e. The predicted octanol–water partition coefficient (Wildman–Crippen LogP) is 2.46. The maximum absolute atomic E-state index is 11.9. The summed E-state index contributed by atoms with van der Waals surface area (Å²) in [5.74, 6) is 0.193. The molecule has 0 radical (unpaired) electrons. The molecule has 0 amide bonds. The Labute approximate surface area is 153 Å². The van der Waals surface area contributed by atoms with Crippen molar-refractivity contribution in [3.05, 3.63) is 63.2 Å². The molecular formula is C18H14N2O7. The molecule has 0 atom stereocenters. The number of nitro groups is 1. The molecule has 9 heteroatoms. The Morgan fingerprint density at radius 2 is 2.07 bits per heavy atom. The van der Waals surface area contributed by atoms with E-state index in [4.69, 9.17) is 24.2 Å². The van der Waals surface area contributed by atoms with Crippen LogP contribution in [-0.2, 0) is 27.5 Å². The van der Waals surface area contributed by atoms with Crippen LogP contribution in [-0.4, -0.2) is 24.3 Å². The third kappa shape index (κ3) is 4.50. The van der Waals surface area contributed by atoms with Gasteiger partial charge in [-0.2, -0.15) is 5.26 Å². The molecule has 0 aliphatic carbocycles. The van der Waals surface area contributed by atoms with Gasteiger partial charge in [-0.25, -0.2) is 4.79 Å². The number of hydrogen-bond donors (Lipinski definition) is 0. The molecule has 0 saturated carbocycles. The monoisotopic (exact) mass is 370 g/mol. The topological polar surface area (TPSA) is 121 Å². The van der Waals surface area contributed by atoms with E-state index in [1.807, 2.05) is 6.07 Å². The first-order chi connectivity index (χ1) is 13.1. The van der Waals surface area contributed by atoms with Gasteiger partial charge in [0, 0.05) is 23.3 Å². The van der Waals surface area contributed by atoms with Crippen molar-refractivity contribution < 1.29 is 28.7 Å². The van der Waals surface area contributed by atoms with Crippen molar-refractivity contribution in [1.82, 2.24) is 0 Å². The average Bonchev–Trinajstić information content (AvgIpc) is 2.70. The average molecular weight is 370 g/mol. The van der Waals surface area contributed by atoms with Gasteiger partial charge in [0.2, 0.25) is 0 Å². The molecule has 1 aliphatic heterocycles. The third-order valence-corrected chi connectivity index (χ3v) is 3.71. The number of nitriles is 1. The van der Waals surface area contributed by atoms with Crippen LogP contribution in [0.1, 0.15) is 16.7 Å². The molecule has 3 rings (SSSR count). The summed E-state index contributed by atoms with van der Waals surface area (Å²) in [5.41, 5.74) is 1.25. The van der Waals surface area contributed by atoms with E-state index in [2.05, 4.69) is 0 Å². The van der Waals surface area contributed by atoms with E-state index in [-0.39, 0.29) is 32.3 Å². The quantitative estimate of drug-likeness (QED) is 0.432. The summed E-state index contributed by atoms with van der Waals surface area (Å²) in [6, 6.07) is 10.9. The van der Waals surface area contributed by atoms with Gasteiger partial charge in [0.25, 0.3) is 5.69 Å². The lowest BCUT2D eigenvalue weighted by Gasteiger charge is -2.20. The lowest BCUT2D eigenvalue weighted by molar-refractivity contribution is -0.385. The second-order valence-electron chi connectivity index (χ2n) is 5.55. The molecule has 0 saturated heterocycles. The van der Waals surface area contributed by atoms with Gasteiger partial charge in [-0.15, -0.1) is 0 Å². The van der Waals surface area contributed by atoms with E-state index in [9.17, 15) is 14.9 Å². The summed E-state index contributed by atoms with van der Waals surface area (Å²) in [7, 11) is 0. The number of nitrogens with zero attached hydrogens (tertiary/aromatic N) is 2. The Balaban J connectivity index is 1.61. The molecule has 0 aromatic heterocycles. The van der Waals surface area contributed by atoms with Crippen molar-refractivity contribution in [2.75, 3.05) is 13.4 Å². The van der Waals surface area contributed by atoms with Gasteiger partial charge in [0.15, 0.2) is 13.4 Å². The van der Waals surface area contributed by atoms with E-state index >= 15 is 0 Å². The molecule has 0 unspecified atom stereocenters. The Morgan fingerprint density at radius 1 is 1.30 bits per heavy atom. The predicted molar refractivity (Wildman–Crippen MR) is 89.8 cm³/mol. The molecule has 0 bridgehead atoms. The van der Waals surface area contributed by atoms with Crippen molar-refractivity contribution in [2.24, 2.45) is 0 Å². The molecule has 138 valence electrons. The van der Waals surface area contributed by atoms with Gasteiger partial charge in [-0.05, 0) is 24.3 Å². The Hall–Kier alpha value is -3.64. The van der Waals surface area contributed by atoms with Crippen LogP contribution >= 0.6 is 0 Å². The number of fused-ring (bicyclic) bond motifs is 1. The molecule has 1 heterocycles. The van der Waals surface area contributed by atoms with Crippen molar-refractivity contribution in [3.63, 3.8) is 0 Å². The number of benzene rings is 2. The van der Waals surface area contributed by atoms with Gasteiger partial charge in [0.1, 0.15) is 18.1 Å². The number of esters is 1. The minimum absolute atomic E-state index is 0.0214. The second kappa shape index (κ2) is 8.16. The molecule has 0 fully saturated rings. The Kier molecular flexibility index (Phi) is 5.49. The number of hydrogen-bond acceptors (Lipinski definition) is 8. The van der Waals surface area contributed by atoms with E-state index in [0.29, 0.717) is 28.2 Å². The molecule has 0 N–H and O–H groups in total. The maximum Gasteiger partial charge on any atom is 0.344 e. The number of ether oxygens (including phenoxy) is 4. The number of carbonyl (C=O) groups excluding carboxylic acids is 1. The summed E-state index contributed by atoms with van der Waals surface area (Å²) in [5, 5.41) is 19.8. The fourth-order valence-corrected chi connectivity index (χ4v) is 2.46. The standard InChI is InChI=1S/C18H14N2O7/c19-7-12-1-3-16(4-2-12)25-10-17(21)26-9-14-6-15(20(22)23)5-13-8-24-11-27-18(13)14/h1-6H,8-11H2. The zero-order chi connectivity index (χ0) is 19.2. The van der Waals surface area contributed by atoms with Crippen molar-refractivity contribution in [2.45, 2.75) is 13.2 Å². The molecule has 27 heavy (non-hydrogen) atoms. The van der Waals surface area contributed by atoms with E-state index < -0.39 is 10.9 Å². The van der Waals surface area contributed by atoms with E-state index in [1.165, 1.54) is 12.1 Å². The van der Waals surface area contributed by atoms with Crippen LogP contribution < -0.4 is 9.47 Å². The fraction of sp³-hybridized carbons (Fsp3) is 0.222. The summed E-state index contributed by atoms with van der Waals surface area (Å²) in [6.07, 6.45) is 0. The molecule has 2 aromatic rings. The minimum Gasteiger partial charge on any atom is -0.482 e. The highest BCUT2D eigenvalue weighted by Gasteiger charge is 2.21. The number of carbonyl (C=O) groups is 1. The van der Waals surface area contributed by atoms with Crippen LogP contribution in [0.25, 0.3) is 0 Å². The Morgan fingerprint density at radius 3 is 2.78 bits per heavy atom. The molecular weight excluding hydrogens is 356 g/mol. The number of rotatable bonds is 6. The molecule has 0 spiro atoms. The van der Waals surface area contributed by atoms with E-state index in [0.717, 1.165) is 0 Å². The largest absolute Gasteiger partial charge is 0.482 e. The van der Waals surface area contributed by atoms with Crippen LogP contribution in [0, 0.1) is 21.4 Å². The first-order valence-electron chi connectivity index (χ1n) is 7.86. The Bertz CT molecular complexity index is 903. The van der Waals surface area contributed by atoms with Crippen LogP contribution in [0.2, 0.25) is 0 Å². The van der Waals surface area contributed by atoms with Crippen LogP contribution in [0.15, 0.2) is 36.4 Å². The first-order valence-corrected chi connectivity index (χ1v) is 7.86. The molecule has 2 aromatic carbocycles. The summed E-state index contributed by atoms with van der Waals surface area (Å²) >= 11 is 0. The highest BCUT2D eigenvalue weighted by molar-refractivity contribution is 5.71. The van der Waals surface area contributed by atoms with Crippen LogP contribution in [0.3, 0.4) is 0 Å². The number of non-ortho nitro benzene ring substituents is 1. The van der Waals surface area contributed by atoms with Gasteiger partial charge < -0.3 is 18.9 Å². The minimum atomic E-state index is -0.647. The summed E-state index contributed by atoms with van der Waals surface area (Å²) in [4.78, 5) is 22.4. The SMILES string of the molecule is N#Cc1ccc(OCC(=O)OCc2cc([N+](=O)[O-])cc3c2OCOC3)cc1.